The summed E-state index contributed by atoms with van der Waals surface area (Å²) in [6.07, 6.45) is 5.15. The summed E-state index contributed by atoms with van der Waals surface area (Å²) >= 11 is 0. The van der Waals surface area contributed by atoms with Crippen LogP contribution in [0.3, 0.4) is 0 Å². The number of carbonyl (C=O) groups excluding carboxylic acids is 2. The molecule has 1 aliphatic heterocycles. The van der Waals surface area contributed by atoms with E-state index in [-0.39, 0.29) is 11.8 Å². The van der Waals surface area contributed by atoms with Crippen molar-refractivity contribution in [2.75, 3.05) is 19.6 Å². The maximum atomic E-state index is 12.9. The largest absolute Gasteiger partial charge is 0.356 e. The highest BCUT2D eigenvalue weighted by Gasteiger charge is 2.31. The van der Waals surface area contributed by atoms with Gasteiger partial charge in [0.2, 0.25) is 5.91 Å². The molecule has 0 bridgehead atoms. The number of amides is 2. The van der Waals surface area contributed by atoms with Crippen LogP contribution < -0.4 is 5.32 Å². The van der Waals surface area contributed by atoms with E-state index in [2.05, 4.69) is 17.3 Å². The summed E-state index contributed by atoms with van der Waals surface area (Å²) in [5.74, 6) is 1.14. The predicted octanol–water partition coefficient (Wildman–Crippen LogP) is 1.53. The van der Waals surface area contributed by atoms with Crippen molar-refractivity contribution < 1.29 is 9.59 Å². The Kier molecular flexibility index (Phi) is 4.92. The fourth-order valence-electron chi connectivity index (χ4n) is 4.08. The number of aromatic nitrogens is 2. The Morgan fingerprint density at radius 2 is 2.00 bits per heavy atom. The van der Waals surface area contributed by atoms with Gasteiger partial charge in [-0.15, -0.1) is 0 Å². The molecule has 1 fully saturated rings. The van der Waals surface area contributed by atoms with Gasteiger partial charge < -0.3 is 10.2 Å². The number of hydrogen-bond acceptors (Lipinski definition) is 3. The summed E-state index contributed by atoms with van der Waals surface area (Å²) in [4.78, 5) is 25.9. The molecular formula is C18H28N4O2. The van der Waals surface area contributed by atoms with E-state index in [0.717, 1.165) is 51.7 Å². The minimum atomic E-state index is 0.0264. The molecule has 0 aromatic carbocycles. The van der Waals surface area contributed by atoms with Crippen molar-refractivity contribution in [3.63, 3.8) is 0 Å². The maximum Gasteiger partial charge on any atom is 0.274 e. The van der Waals surface area contributed by atoms with E-state index in [4.69, 9.17) is 0 Å². The second-order valence-corrected chi connectivity index (χ2v) is 7.30. The third-order valence-electron chi connectivity index (χ3n) is 5.62. The molecular weight excluding hydrogens is 304 g/mol. The number of piperidine rings is 1. The highest BCUT2D eigenvalue weighted by molar-refractivity contribution is 5.94. The average molecular weight is 332 g/mol. The molecule has 0 radical (unpaired) electrons. The average Bonchev–Trinajstić information content (AvgIpc) is 3.16. The van der Waals surface area contributed by atoms with Crippen molar-refractivity contribution in [1.29, 1.82) is 0 Å². The van der Waals surface area contributed by atoms with E-state index < -0.39 is 0 Å². The standard InChI is InChI=1S/C18H28N4O2/c1-12(11-19-13(2)23)14-7-9-22(10-8-14)18(24)17-15-5-4-6-16(15)21(3)20-17/h12,14H,4-11H2,1-3H3,(H,19,23). The Morgan fingerprint density at radius 3 is 2.67 bits per heavy atom. The van der Waals surface area contributed by atoms with Crippen LogP contribution in [0.25, 0.3) is 0 Å². The third-order valence-corrected chi connectivity index (χ3v) is 5.62. The van der Waals surface area contributed by atoms with Gasteiger partial charge in [-0.3, -0.25) is 14.3 Å². The summed E-state index contributed by atoms with van der Waals surface area (Å²) in [5.41, 5.74) is 3.08. The van der Waals surface area contributed by atoms with E-state index in [1.807, 2.05) is 16.6 Å². The summed E-state index contributed by atoms with van der Waals surface area (Å²) in [7, 11) is 1.94. The quantitative estimate of drug-likeness (QED) is 0.909. The molecule has 0 saturated carbocycles. The molecule has 0 spiro atoms. The van der Waals surface area contributed by atoms with Crippen molar-refractivity contribution in [3.05, 3.63) is 17.0 Å². The van der Waals surface area contributed by atoms with Gasteiger partial charge in [0.05, 0.1) is 0 Å². The van der Waals surface area contributed by atoms with Crippen LogP contribution in [0.5, 0.6) is 0 Å². The molecule has 24 heavy (non-hydrogen) atoms. The number of carbonyl (C=O) groups is 2. The second kappa shape index (κ2) is 6.95. The summed E-state index contributed by atoms with van der Waals surface area (Å²) < 4.78 is 1.89. The normalized spacial score (nSPS) is 19.2. The Hall–Kier alpha value is -1.85. The fourth-order valence-corrected chi connectivity index (χ4v) is 4.08. The van der Waals surface area contributed by atoms with E-state index in [9.17, 15) is 9.59 Å². The lowest BCUT2D eigenvalue weighted by Crippen LogP contribution is -2.41. The third kappa shape index (κ3) is 3.32. The van der Waals surface area contributed by atoms with Crippen molar-refractivity contribution in [1.82, 2.24) is 20.0 Å². The molecule has 1 atom stereocenters. The van der Waals surface area contributed by atoms with Crippen LogP contribution in [-0.4, -0.2) is 46.1 Å². The van der Waals surface area contributed by atoms with Gasteiger partial charge in [0.1, 0.15) is 0 Å². The molecule has 1 unspecified atom stereocenters. The lowest BCUT2D eigenvalue weighted by atomic mass is 9.85. The Labute approximate surface area is 143 Å². The first-order valence-corrected chi connectivity index (χ1v) is 9.05. The minimum absolute atomic E-state index is 0.0264. The SMILES string of the molecule is CC(=O)NCC(C)C1CCN(C(=O)c2nn(C)c3c2CCC3)CC1. The Balaban J connectivity index is 1.58. The summed E-state index contributed by atoms with van der Waals surface area (Å²) in [6.45, 7) is 6.04. The Morgan fingerprint density at radius 1 is 1.29 bits per heavy atom. The monoisotopic (exact) mass is 332 g/mol. The predicted molar refractivity (Wildman–Crippen MR) is 91.7 cm³/mol. The van der Waals surface area contributed by atoms with Crippen molar-refractivity contribution >= 4 is 11.8 Å². The lowest BCUT2D eigenvalue weighted by Gasteiger charge is -2.34. The topological polar surface area (TPSA) is 67.2 Å². The van der Waals surface area contributed by atoms with Crippen LogP contribution in [0.2, 0.25) is 0 Å². The van der Waals surface area contributed by atoms with Gasteiger partial charge >= 0.3 is 0 Å². The van der Waals surface area contributed by atoms with Gasteiger partial charge in [0, 0.05) is 44.9 Å². The first-order valence-electron chi connectivity index (χ1n) is 9.05. The zero-order valence-electron chi connectivity index (χ0n) is 15.0. The number of nitrogens with zero attached hydrogens (tertiary/aromatic N) is 3. The molecule has 132 valence electrons. The molecule has 1 saturated heterocycles. The van der Waals surface area contributed by atoms with Crippen LogP contribution in [0, 0.1) is 11.8 Å². The fraction of sp³-hybridized carbons (Fsp3) is 0.722. The number of nitrogens with one attached hydrogen (secondary N) is 1. The molecule has 1 N–H and O–H groups in total. The van der Waals surface area contributed by atoms with Crippen molar-refractivity contribution in [2.24, 2.45) is 18.9 Å². The number of aryl methyl sites for hydroxylation is 1. The highest BCUT2D eigenvalue weighted by atomic mass is 16.2. The molecule has 2 heterocycles. The number of fused-ring (bicyclic) bond motifs is 1. The molecule has 3 rings (SSSR count). The molecule has 6 nitrogen and oxygen atoms in total. The van der Waals surface area contributed by atoms with Crippen LogP contribution in [0.4, 0.5) is 0 Å². The van der Waals surface area contributed by atoms with Gasteiger partial charge in [-0.25, -0.2) is 0 Å². The first-order chi connectivity index (χ1) is 11.5. The van der Waals surface area contributed by atoms with Gasteiger partial charge in [-0.05, 0) is 43.9 Å². The highest BCUT2D eigenvalue weighted by Crippen LogP contribution is 2.28. The van der Waals surface area contributed by atoms with Crippen LogP contribution in [0.15, 0.2) is 0 Å². The van der Waals surface area contributed by atoms with Crippen LogP contribution in [0.1, 0.15) is 54.9 Å². The molecule has 1 aliphatic carbocycles. The Bertz CT molecular complexity index is 629. The summed E-state index contributed by atoms with van der Waals surface area (Å²) in [6, 6.07) is 0. The molecule has 2 aliphatic rings. The smallest absolute Gasteiger partial charge is 0.274 e. The second-order valence-electron chi connectivity index (χ2n) is 7.30. The number of hydrogen-bond donors (Lipinski definition) is 1. The van der Waals surface area contributed by atoms with Gasteiger partial charge in [0.25, 0.3) is 5.91 Å². The maximum absolute atomic E-state index is 12.9. The molecule has 6 heteroatoms. The van der Waals surface area contributed by atoms with E-state index >= 15 is 0 Å². The van der Waals surface area contributed by atoms with Gasteiger partial charge in [-0.1, -0.05) is 6.92 Å². The zero-order chi connectivity index (χ0) is 17.3. The number of likely N-dealkylation sites (tertiary alicyclic amines) is 1. The van der Waals surface area contributed by atoms with E-state index in [1.165, 1.54) is 11.3 Å². The van der Waals surface area contributed by atoms with Crippen molar-refractivity contribution in [2.45, 2.75) is 46.0 Å². The molecule has 1 aromatic rings. The zero-order valence-corrected chi connectivity index (χ0v) is 15.0. The molecule has 1 aromatic heterocycles. The summed E-state index contributed by atoms with van der Waals surface area (Å²) in [5, 5.41) is 7.39. The minimum Gasteiger partial charge on any atom is -0.356 e. The van der Waals surface area contributed by atoms with Crippen LogP contribution >= 0.6 is 0 Å². The van der Waals surface area contributed by atoms with Gasteiger partial charge in [-0.2, -0.15) is 5.10 Å². The molecule has 2 amide bonds. The van der Waals surface area contributed by atoms with Gasteiger partial charge in [0.15, 0.2) is 5.69 Å². The first kappa shape index (κ1) is 17.0. The van der Waals surface area contributed by atoms with E-state index in [1.54, 1.807) is 6.92 Å². The van der Waals surface area contributed by atoms with Crippen molar-refractivity contribution in [3.8, 4) is 0 Å². The van der Waals surface area contributed by atoms with Crippen LogP contribution in [-0.2, 0) is 24.7 Å². The number of rotatable bonds is 4. The lowest BCUT2D eigenvalue weighted by molar-refractivity contribution is -0.119. The van der Waals surface area contributed by atoms with E-state index in [0.29, 0.717) is 17.5 Å².